The number of hydrogen-bond acceptors (Lipinski definition) is 3. The van der Waals surface area contributed by atoms with E-state index in [0.29, 0.717) is 35.0 Å². The first kappa shape index (κ1) is 15.2. The Morgan fingerprint density at radius 1 is 1.46 bits per heavy atom. The number of benzene rings is 1. The summed E-state index contributed by atoms with van der Waals surface area (Å²) in [6, 6.07) is 8.75. The maximum absolute atomic E-state index is 12.6. The maximum Gasteiger partial charge on any atom is 0.258 e. The highest BCUT2D eigenvalue weighted by Crippen LogP contribution is 2.61. The molecule has 1 saturated carbocycles. The average Bonchev–Trinajstić information content (AvgIpc) is 3.04. The fourth-order valence-electron chi connectivity index (χ4n) is 4.44. The summed E-state index contributed by atoms with van der Waals surface area (Å²) in [6.45, 7) is 2.55. The summed E-state index contributed by atoms with van der Waals surface area (Å²) in [5.41, 5.74) is 4.53. The topological polar surface area (TPSA) is 56.1 Å². The Labute approximate surface area is 142 Å². The molecule has 24 heavy (non-hydrogen) atoms. The number of fused-ring (bicyclic) bond motifs is 2. The molecule has 2 atom stereocenters. The number of nitrogens with zero attached hydrogens (tertiary/aromatic N) is 2. The minimum absolute atomic E-state index is 0.0919. The first-order chi connectivity index (χ1) is 11.6. The normalized spacial score (nSPS) is 24.0. The molecule has 0 radical (unpaired) electrons. The monoisotopic (exact) mass is 325 g/mol. The number of aryl methyl sites for hydroxylation is 3. The van der Waals surface area contributed by atoms with E-state index in [-0.39, 0.29) is 5.91 Å². The SMILES string of the molecule is COc1c(C(=O)NC[C@H]2C[C@@]23CCc2ccccc23)c(C)nn1C. The zero-order chi connectivity index (χ0) is 16.9. The third-order valence-electron chi connectivity index (χ3n) is 5.73. The van der Waals surface area contributed by atoms with Crippen molar-refractivity contribution in [3.63, 3.8) is 0 Å². The zero-order valence-electron chi connectivity index (χ0n) is 14.4. The van der Waals surface area contributed by atoms with E-state index in [1.165, 1.54) is 24.0 Å². The number of methoxy groups -OCH3 is 1. The Bertz CT molecular complexity index is 811. The highest BCUT2D eigenvalue weighted by molar-refractivity contribution is 5.97. The fourth-order valence-corrected chi connectivity index (χ4v) is 4.44. The molecule has 1 spiro atoms. The van der Waals surface area contributed by atoms with Crippen molar-refractivity contribution >= 4 is 5.91 Å². The first-order valence-corrected chi connectivity index (χ1v) is 8.51. The van der Waals surface area contributed by atoms with Crippen LogP contribution in [0.3, 0.4) is 0 Å². The van der Waals surface area contributed by atoms with Crippen LogP contribution >= 0.6 is 0 Å². The van der Waals surface area contributed by atoms with Gasteiger partial charge in [-0.05, 0) is 43.2 Å². The lowest BCUT2D eigenvalue weighted by Gasteiger charge is -2.12. The Hall–Kier alpha value is -2.30. The Morgan fingerprint density at radius 3 is 3.04 bits per heavy atom. The van der Waals surface area contributed by atoms with Crippen LogP contribution in [0.4, 0.5) is 0 Å². The molecule has 1 heterocycles. The zero-order valence-corrected chi connectivity index (χ0v) is 14.4. The molecule has 1 aromatic carbocycles. The number of hydrogen-bond donors (Lipinski definition) is 1. The molecule has 0 bridgehead atoms. The second kappa shape index (κ2) is 5.36. The van der Waals surface area contributed by atoms with Gasteiger partial charge in [-0.1, -0.05) is 24.3 Å². The van der Waals surface area contributed by atoms with Gasteiger partial charge < -0.3 is 10.1 Å². The minimum atomic E-state index is -0.0919. The highest BCUT2D eigenvalue weighted by Gasteiger charge is 2.57. The lowest BCUT2D eigenvalue weighted by molar-refractivity contribution is 0.0947. The fraction of sp³-hybridized carbons (Fsp3) is 0.474. The molecule has 5 nitrogen and oxygen atoms in total. The van der Waals surface area contributed by atoms with Crippen LogP contribution in [-0.2, 0) is 18.9 Å². The smallest absolute Gasteiger partial charge is 0.258 e. The number of nitrogens with one attached hydrogen (secondary N) is 1. The summed E-state index contributed by atoms with van der Waals surface area (Å²) in [5, 5.41) is 7.38. The summed E-state index contributed by atoms with van der Waals surface area (Å²) in [6.07, 6.45) is 3.55. The summed E-state index contributed by atoms with van der Waals surface area (Å²) in [4.78, 5) is 12.6. The number of rotatable bonds is 4. The number of amides is 1. The second-order valence-corrected chi connectivity index (χ2v) is 7.02. The summed E-state index contributed by atoms with van der Waals surface area (Å²) in [5.74, 6) is 0.959. The van der Waals surface area contributed by atoms with Gasteiger partial charge in [-0.15, -0.1) is 0 Å². The molecule has 5 heteroatoms. The number of ether oxygens (including phenoxy) is 1. The molecule has 1 fully saturated rings. The van der Waals surface area contributed by atoms with Crippen molar-refractivity contribution in [3.8, 4) is 5.88 Å². The Balaban J connectivity index is 1.46. The quantitative estimate of drug-likeness (QED) is 0.939. The third-order valence-corrected chi connectivity index (χ3v) is 5.73. The van der Waals surface area contributed by atoms with E-state index in [2.05, 4.69) is 34.7 Å². The first-order valence-electron chi connectivity index (χ1n) is 8.51. The molecule has 0 unspecified atom stereocenters. The highest BCUT2D eigenvalue weighted by atomic mass is 16.5. The van der Waals surface area contributed by atoms with Crippen LogP contribution in [0.25, 0.3) is 0 Å². The van der Waals surface area contributed by atoms with Gasteiger partial charge in [-0.3, -0.25) is 4.79 Å². The van der Waals surface area contributed by atoms with Crippen molar-refractivity contribution in [2.75, 3.05) is 13.7 Å². The van der Waals surface area contributed by atoms with E-state index in [9.17, 15) is 4.79 Å². The standard InChI is InChI=1S/C19H23N3O2/c1-12-16(18(24-3)22(2)21-12)17(23)20-11-14-10-19(14)9-8-13-6-4-5-7-15(13)19/h4-7,14H,8-11H2,1-3H3,(H,20,23)/t14-,19+/m1/s1. The van der Waals surface area contributed by atoms with Crippen molar-refractivity contribution in [2.24, 2.45) is 13.0 Å². The van der Waals surface area contributed by atoms with Crippen LogP contribution < -0.4 is 10.1 Å². The van der Waals surface area contributed by atoms with Gasteiger partial charge in [-0.25, -0.2) is 4.68 Å². The van der Waals surface area contributed by atoms with Gasteiger partial charge in [0.05, 0.1) is 12.8 Å². The van der Waals surface area contributed by atoms with Gasteiger partial charge in [0, 0.05) is 19.0 Å². The van der Waals surface area contributed by atoms with Gasteiger partial charge in [0.25, 0.3) is 5.91 Å². The van der Waals surface area contributed by atoms with E-state index >= 15 is 0 Å². The van der Waals surface area contributed by atoms with E-state index < -0.39 is 0 Å². The summed E-state index contributed by atoms with van der Waals surface area (Å²) >= 11 is 0. The van der Waals surface area contributed by atoms with Crippen LogP contribution in [0.15, 0.2) is 24.3 Å². The molecule has 2 aliphatic rings. The van der Waals surface area contributed by atoms with Gasteiger partial charge in [-0.2, -0.15) is 5.10 Å². The predicted molar refractivity (Wildman–Crippen MR) is 91.4 cm³/mol. The van der Waals surface area contributed by atoms with Gasteiger partial charge in [0.15, 0.2) is 0 Å². The van der Waals surface area contributed by atoms with E-state index in [0.717, 1.165) is 6.42 Å². The lowest BCUT2D eigenvalue weighted by atomic mass is 9.95. The lowest BCUT2D eigenvalue weighted by Crippen LogP contribution is -2.28. The minimum Gasteiger partial charge on any atom is -0.481 e. The molecule has 2 aliphatic carbocycles. The molecular formula is C19H23N3O2. The predicted octanol–water partition coefficient (Wildman–Crippen LogP) is 2.37. The molecule has 126 valence electrons. The number of aromatic nitrogens is 2. The molecule has 1 N–H and O–H groups in total. The summed E-state index contributed by atoms with van der Waals surface area (Å²) in [7, 11) is 3.35. The second-order valence-electron chi connectivity index (χ2n) is 7.02. The number of carbonyl (C=O) groups is 1. The van der Waals surface area contributed by atoms with Gasteiger partial charge in [0.2, 0.25) is 5.88 Å². The van der Waals surface area contributed by atoms with E-state index in [4.69, 9.17) is 4.74 Å². The van der Waals surface area contributed by atoms with E-state index in [1.54, 1.807) is 18.8 Å². The van der Waals surface area contributed by atoms with Crippen molar-refractivity contribution in [2.45, 2.75) is 31.6 Å². The largest absolute Gasteiger partial charge is 0.481 e. The Morgan fingerprint density at radius 2 is 2.25 bits per heavy atom. The van der Waals surface area contributed by atoms with E-state index in [1.807, 2.05) is 6.92 Å². The van der Waals surface area contributed by atoms with Crippen molar-refractivity contribution in [1.29, 1.82) is 0 Å². The molecule has 1 aromatic heterocycles. The van der Waals surface area contributed by atoms with Crippen molar-refractivity contribution < 1.29 is 9.53 Å². The molecule has 1 amide bonds. The maximum atomic E-state index is 12.6. The molecule has 4 rings (SSSR count). The molecule has 0 aliphatic heterocycles. The summed E-state index contributed by atoms with van der Waals surface area (Å²) < 4.78 is 6.93. The van der Waals surface area contributed by atoms with Gasteiger partial charge in [0.1, 0.15) is 5.56 Å². The van der Waals surface area contributed by atoms with Crippen molar-refractivity contribution in [3.05, 3.63) is 46.6 Å². The number of carbonyl (C=O) groups excluding carboxylic acids is 1. The van der Waals surface area contributed by atoms with Crippen molar-refractivity contribution in [1.82, 2.24) is 15.1 Å². The van der Waals surface area contributed by atoms with Crippen LogP contribution in [0.1, 0.15) is 40.0 Å². The van der Waals surface area contributed by atoms with Crippen LogP contribution in [-0.4, -0.2) is 29.3 Å². The van der Waals surface area contributed by atoms with Crippen LogP contribution in [0.2, 0.25) is 0 Å². The Kier molecular flexibility index (Phi) is 3.41. The average molecular weight is 325 g/mol. The van der Waals surface area contributed by atoms with Gasteiger partial charge >= 0.3 is 0 Å². The third kappa shape index (κ3) is 2.14. The van der Waals surface area contributed by atoms with Crippen LogP contribution in [0.5, 0.6) is 5.88 Å². The molecule has 0 saturated heterocycles. The molecular weight excluding hydrogens is 302 g/mol. The van der Waals surface area contributed by atoms with Crippen LogP contribution in [0, 0.1) is 12.8 Å². The molecule has 2 aromatic rings.